The van der Waals surface area contributed by atoms with E-state index in [1.54, 1.807) is 12.1 Å². The number of fused-ring (bicyclic) bond motifs is 3. The third-order valence-electron chi connectivity index (χ3n) is 9.96. The second-order valence-corrected chi connectivity index (χ2v) is 12.6. The number of rotatable bonds is 6. The smallest absolute Gasteiger partial charge is 0.306 e. The van der Waals surface area contributed by atoms with E-state index in [1.165, 1.54) is 5.56 Å². The van der Waals surface area contributed by atoms with Crippen molar-refractivity contribution >= 4 is 23.4 Å². The van der Waals surface area contributed by atoms with Crippen molar-refractivity contribution in [2.45, 2.75) is 50.5 Å². The van der Waals surface area contributed by atoms with Gasteiger partial charge in [0.15, 0.2) is 5.82 Å². The fourth-order valence-corrected chi connectivity index (χ4v) is 7.40. The van der Waals surface area contributed by atoms with Crippen molar-refractivity contribution in [2.75, 3.05) is 60.9 Å². The fraction of sp³-hybridized carbons (Fsp3) is 0.531. The molecule has 2 aromatic heterocycles. The molecule has 2 saturated heterocycles. The molecule has 0 radical (unpaired) electrons. The van der Waals surface area contributed by atoms with Crippen LogP contribution in [0.1, 0.15) is 50.0 Å². The molecule has 43 heavy (non-hydrogen) atoms. The van der Waals surface area contributed by atoms with Crippen molar-refractivity contribution in [3.05, 3.63) is 48.3 Å². The number of aliphatic carboxylic acids is 1. The summed E-state index contributed by atoms with van der Waals surface area (Å²) in [7, 11) is 0. The highest BCUT2D eigenvalue weighted by Gasteiger charge is 2.34. The number of nitrogens with one attached hydrogen (secondary N) is 1. The van der Waals surface area contributed by atoms with Crippen molar-refractivity contribution < 1.29 is 15.0 Å². The van der Waals surface area contributed by atoms with Gasteiger partial charge in [-0.3, -0.25) is 4.79 Å². The first-order chi connectivity index (χ1) is 21.0. The van der Waals surface area contributed by atoms with Crippen molar-refractivity contribution in [3.63, 3.8) is 0 Å². The van der Waals surface area contributed by atoms with Gasteiger partial charge in [-0.1, -0.05) is 12.1 Å². The van der Waals surface area contributed by atoms with Crippen LogP contribution in [0.4, 0.5) is 17.5 Å². The summed E-state index contributed by atoms with van der Waals surface area (Å²) in [5.41, 5.74) is 3.58. The van der Waals surface area contributed by atoms with Crippen molar-refractivity contribution in [1.82, 2.24) is 25.1 Å². The largest absolute Gasteiger partial charge is 0.507 e. The third-order valence-corrected chi connectivity index (χ3v) is 9.96. The van der Waals surface area contributed by atoms with Crippen LogP contribution in [0.25, 0.3) is 11.3 Å². The highest BCUT2D eigenvalue weighted by Crippen LogP contribution is 2.37. The van der Waals surface area contributed by atoms with E-state index < -0.39 is 5.97 Å². The molecule has 4 aliphatic rings. The fourth-order valence-electron chi connectivity index (χ4n) is 7.40. The minimum atomic E-state index is -0.623. The number of phenols is 1. The Kier molecular flexibility index (Phi) is 7.73. The summed E-state index contributed by atoms with van der Waals surface area (Å²) in [6.45, 7) is 6.49. The predicted molar refractivity (Wildman–Crippen MR) is 165 cm³/mol. The molecule has 11 heteroatoms. The third kappa shape index (κ3) is 5.82. The van der Waals surface area contributed by atoms with Gasteiger partial charge in [-0.2, -0.15) is 0 Å². The van der Waals surface area contributed by atoms with Gasteiger partial charge in [0.2, 0.25) is 5.95 Å². The molecule has 3 aliphatic heterocycles. The van der Waals surface area contributed by atoms with Gasteiger partial charge in [0.05, 0.1) is 23.3 Å². The molecule has 11 nitrogen and oxygen atoms in total. The quantitative estimate of drug-likeness (QED) is 0.391. The lowest BCUT2D eigenvalue weighted by molar-refractivity contribution is -0.143. The highest BCUT2D eigenvalue weighted by molar-refractivity contribution is 5.76. The van der Waals surface area contributed by atoms with Crippen molar-refractivity contribution in [3.8, 4) is 17.0 Å². The summed E-state index contributed by atoms with van der Waals surface area (Å²) in [5.74, 6) is 2.13. The number of anilines is 3. The number of benzene rings is 1. The zero-order valence-corrected chi connectivity index (χ0v) is 24.5. The Labute approximate surface area is 252 Å². The van der Waals surface area contributed by atoms with Crippen LogP contribution in [0.3, 0.4) is 0 Å². The monoisotopic (exact) mass is 584 g/mol. The van der Waals surface area contributed by atoms with E-state index in [0.717, 1.165) is 102 Å². The standard InChI is InChI=1S/C32H40N8O3/c41-29-4-2-1-3-26(29)27-15-28-30(37-36-27)33-18-25-20-39(13-14-40(25)28)32-34-16-24(17-35-32)22-9-11-38(12-10-22)19-21-5-7-23(8-6-21)31(42)43/h1-4,15-17,21-23,25,41H,5-14,18-20H2,(H,33,37)(H,42,43)/t21?,23?,25-/m0/s1. The van der Waals surface area contributed by atoms with Crippen LogP contribution in [-0.4, -0.2) is 93.1 Å². The lowest BCUT2D eigenvalue weighted by atomic mass is 9.81. The van der Waals surface area contributed by atoms with Gasteiger partial charge in [-0.25, -0.2) is 9.97 Å². The van der Waals surface area contributed by atoms with Gasteiger partial charge in [0.1, 0.15) is 5.75 Å². The minimum absolute atomic E-state index is 0.135. The highest BCUT2D eigenvalue weighted by atomic mass is 16.4. The molecule has 0 unspecified atom stereocenters. The number of hydrogen-bond donors (Lipinski definition) is 3. The van der Waals surface area contributed by atoms with Crippen LogP contribution in [0.2, 0.25) is 0 Å². The lowest BCUT2D eigenvalue weighted by Crippen LogP contribution is -2.58. The summed E-state index contributed by atoms with van der Waals surface area (Å²) in [4.78, 5) is 28.1. The molecule has 1 aromatic carbocycles. The summed E-state index contributed by atoms with van der Waals surface area (Å²) in [5, 5.41) is 31.8. The van der Waals surface area contributed by atoms with Crippen LogP contribution < -0.4 is 15.1 Å². The number of carbonyl (C=O) groups is 1. The molecule has 5 heterocycles. The van der Waals surface area contributed by atoms with E-state index in [0.29, 0.717) is 23.1 Å². The molecule has 226 valence electrons. The van der Waals surface area contributed by atoms with E-state index in [9.17, 15) is 15.0 Å². The van der Waals surface area contributed by atoms with Crippen LogP contribution in [-0.2, 0) is 4.79 Å². The number of carboxylic acids is 1. The molecule has 3 fully saturated rings. The first-order valence-corrected chi connectivity index (χ1v) is 15.7. The van der Waals surface area contributed by atoms with E-state index >= 15 is 0 Å². The minimum Gasteiger partial charge on any atom is -0.507 e. The Morgan fingerprint density at radius 3 is 2.47 bits per heavy atom. The summed E-state index contributed by atoms with van der Waals surface area (Å²) < 4.78 is 0. The van der Waals surface area contributed by atoms with Gasteiger partial charge in [-0.15, -0.1) is 10.2 Å². The maximum absolute atomic E-state index is 11.3. The van der Waals surface area contributed by atoms with Crippen molar-refractivity contribution in [2.24, 2.45) is 11.8 Å². The maximum atomic E-state index is 11.3. The van der Waals surface area contributed by atoms with E-state index in [2.05, 4.69) is 30.2 Å². The molecule has 1 atom stereocenters. The number of likely N-dealkylation sites (tertiary alicyclic amines) is 1. The second kappa shape index (κ2) is 11.9. The van der Waals surface area contributed by atoms with Crippen LogP contribution in [0.5, 0.6) is 5.75 Å². The van der Waals surface area contributed by atoms with Crippen LogP contribution in [0, 0.1) is 11.8 Å². The number of hydrogen-bond acceptors (Lipinski definition) is 10. The summed E-state index contributed by atoms with van der Waals surface area (Å²) >= 11 is 0. The Hall–Kier alpha value is -3.99. The molecule has 3 aromatic rings. The molecule has 3 N–H and O–H groups in total. The SMILES string of the molecule is O=C(O)C1CCC(CN2CCC(c3cnc(N4CCN5c6cc(-c7ccccc7O)nnc6NC[C@H]5C4)nc3)CC2)CC1. The summed E-state index contributed by atoms with van der Waals surface area (Å²) in [6, 6.07) is 9.49. The number of piperazine rings is 1. The van der Waals surface area contributed by atoms with E-state index in [4.69, 9.17) is 9.97 Å². The molecule has 0 spiro atoms. The number of piperidine rings is 1. The first-order valence-electron chi connectivity index (χ1n) is 15.7. The normalized spacial score (nSPS) is 24.6. The molecular formula is C32H40N8O3. The molecular weight excluding hydrogens is 544 g/mol. The van der Waals surface area contributed by atoms with Gasteiger partial charge in [-0.05, 0) is 87.2 Å². The summed E-state index contributed by atoms with van der Waals surface area (Å²) in [6.07, 6.45) is 10.0. The van der Waals surface area contributed by atoms with Gasteiger partial charge in [0.25, 0.3) is 0 Å². The Balaban J connectivity index is 0.935. The molecule has 1 saturated carbocycles. The molecule has 1 aliphatic carbocycles. The molecule has 0 amide bonds. The Bertz CT molecular complexity index is 1440. The zero-order valence-electron chi connectivity index (χ0n) is 24.5. The topological polar surface area (TPSA) is 131 Å². The average Bonchev–Trinajstić information content (AvgIpc) is 3.05. The number of carboxylic acid groups (broad SMARTS) is 1. The second-order valence-electron chi connectivity index (χ2n) is 12.6. The van der Waals surface area contributed by atoms with Crippen LogP contribution >= 0.6 is 0 Å². The van der Waals surface area contributed by atoms with E-state index in [1.807, 2.05) is 30.6 Å². The van der Waals surface area contributed by atoms with Gasteiger partial charge >= 0.3 is 5.97 Å². The molecule has 7 rings (SSSR count). The van der Waals surface area contributed by atoms with Crippen LogP contribution in [0.15, 0.2) is 42.7 Å². The number of phenolic OH excluding ortho intramolecular Hbond substituents is 1. The Morgan fingerprint density at radius 2 is 1.72 bits per heavy atom. The Morgan fingerprint density at radius 1 is 0.953 bits per heavy atom. The van der Waals surface area contributed by atoms with Crippen molar-refractivity contribution in [1.29, 1.82) is 0 Å². The number of aromatic hydroxyl groups is 1. The maximum Gasteiger partial charge on any atom is 0.306 e. The van der Waals surface area contributed by atoms with Gasteiger partial charge < -0.3 is 30.2 Å². The number of para-hydroxylation sites is 1. The number of aromatic nitrogens is 4. The van der Waals surface area contributed by atoms with E-state index in [-0.39, 0.29) is 17.7 Å². The molecule has 0 bridgehead atoms. The number of nitrogens with zero attached hydrogens (tertiary/aromatic N) is 7. The first kappa shape index (κ1) is 27.8. The average molecular weight is 585 g/mol. The zero-order chi connectivity index (χ0) is 29.3. The van der Waals surface area contributed by atoms with Gasteiger partial charge in [0, 0.05) is 50.7 Å². The lowest BCUT2D eigenvalue weighted by Gasteiger charge is -2.45. The predicted octanol–water partition coefficient (Wildman–Crippen LogP) is 3.83.